The molecular formula is C22H19N3O2. The first-order valence-corrected chi connectivity index (χ1v) is 8.61. The molecule has 3 aromatic rings. The van der Waals surface area contributed by atoms with E-state index in [9.17, 15) is 9.90 Å². The summed E-state index contributed by atoms with van der Waals surface area (Å²) in [7, 11) is 1.63. The van der Waals surface area contributed by atoms with Crippen LogP contribution >= 0.6 is 0 Å². The number of nitrogens with zero attached hydrogens (tertiary/aromatic N) is 2. The third kappa shape index (κ3) is 2.64. The van der Waals surface area contributed by atoms with Crippen molar-refractivity contribution >= 4 is 11.9 Å². The van der Waals surface area contributed by atoms with Gasteiger partial charge in [0, 0.05) is 7.05 Å². The zero-order chi connectivity index (χ0) is 19.0. The van der Waals surface area contributed by atoms with E-state index in [1.807, 2.05) is 60.7 Å². The molecule has 0 bridgehead atoms. The van der Waals surface area contributed by atoms with E-state index in [1.165, 1.54) is 4.90 Å². The Hall–Kier alpha value is -3.60. The van der Waals surface area contributed by atoms with Crippen molar-refractivity contribution in [2.24, 2.45) is 10.7 Å². The number of benzene rings is 3. The van der Waals surface area contributed by atoms with Gasteiger partial charge in [0.25, 0.3) is 5.91 Å². The van der Waals surface area contributed by atoms with E-state index in [4.69, 9.17) is 5.73 Å². The van der Waals surface area contributed by atoms with Crippen molar-refractivity contribution in [1.29, 1.82) is 0 Å². The highest BCUT2D eigenvalue weighted by Crippen LogP contribution is 2.40. The molecule has 0 fully saturated rings. The molecule has 1 amide bonds. The number of hydrogen-bond donors (Lipinski definition) is 2. The number of nitrogens with two attached hydrogens (primary N) is 1. The quantitative estimate of drug-likeness (QED) is 0.756. The number of amides is 1. The van der Waals surface area contributed by atoms with Gasteiger partial charge in [0.15, 0.2) is 11.5 Å². The number of likely N-dealkylation sites (N-methyl/N-ethyl adjacent to an activating group) is 1. The maximum Gasteiger partial charge on any atom is 0.266 e. The average molecular weight is 357 g/mol. The number of aromatic hydroxyl groups is 1. The third-order valence-electron chi connectivity index (χ3n) is 4.89. The summed E-state index contributed by atoms with van der Waals surface area (Å²) in [6.07, 6.45) is 0. The van der Waals surface area contributed by atoms with Gasteiger partial charge in [-0.25, -0.2) is 4.99 Å². The van der Waals surface area contributed by atoms with Crippen molar-refractivity contribution in [2.45, 2.75) is 5.54 Å². The number of guanidine groups is 1. The van der Waals surface area contributed by atoms with Crippen LogP contribution in [0.25, 0.3) is 11.1 Å². The second kappa shape index (κ2) is 6.29. The van der Waals surface area contributed by atoms with Crippen LogP contribution in [0.4, 0.5) is 0 Å². The average Bonchev–Trinajstić information content (AvgIpc) is 2.94. The molecule has 27 heavy (non-hydrogen) atoms. The van der Waals surface area contributed by atoms with Crippen molar-refractivity contribution < 1.29 is 9.90 Å². The normalized spacial score (nSPS) is 19.2. The number of phenolic OH excluding ortho intramolecular Hbond substituents is 1. The molecule has 0 radical (unpaired) electrons. The fourth-order valence-electron chi connectivity index (χ4n) is 3.47. The summed E-state index contributed by atoms with van der Waals surface area (Å²) in [6, 6.07) is 24.1. The second-order valence-electron chi connectivity index (χ2n) is 6.54. The van der Waals surface area contributed by atoms with Crippen LogP contribution in [-0.4, -0.2) is 28.9 Å². The van der Waals surface area contributed by atoms with E-state index in [-0.39, 0.29) is 17.6 Å². The summed E-state index contributed by atoms with van der Waals surface area (Å²) in [5, 5.41) is 9.80. The topological polar surface area (TPSA) is 78.9 Å². The fourth-order valence-corrected chi connectivity index (χ4v) is 3.47. The Bertz CT molecular complexity index is 1050. The van der Waals surface area contributed by atoms with Gasteiger partial charge < -0.3 is 10.8 Å². The second-order valence-corrected chi connectivity index (χ2v) is 6.54. The molecule has 0 saturated heterocycles. The predicted octanol–water partition coefficient (Wildman–Crippen LogP) is 3.09. The molecule has 0 spiro atoms. The van der Waals surface area contributed by atoms with E-state index in [2.05, 4.69) is 4.99 Å². The number of phenols is 1. The molecule has 3 aromatic carbocycles. The molecule has 1 atom stereocenters. The zero-order valence-electron chi connectivity index (χ0n) is 14.8. The van der Waals surface area contributed by atoms with Crippen LogP contribution in [0.2, 0.25) is 0 Å². The molecular weight excluding hydrogens is 338 g/mol. The summed E-state index contributed by atoms with van der Waals surface area (Å²) in [6.45, 7) is 0. The van der Waals surface area contributed by atoms with Gasteiger partial charge in [-0.15, -0.1) is 0 Å². The van der Waals surface area contributed by atoms with Crippen LogP contribution in [0, 0.1) is 0 Å². The molecule has 134 valence electrons. The Morgan fingerprint density at radius 2 is 1.52 bits per heavy atom. The Morgan fingerprint density at radius 1 is 0.889 bits per heavy atom. The molecule has 5 heteroatoms. The molecule has 0 saturated carbocycles. The fraction of sp³-hybridized carbons (Fsp3) is 0.0909. The lowest BCUT2D eigenvalue weighted by Gasteiger charge is -2.26. The molecule has 1 aliphatic rings. The van der Waals surface area contributed by atoms with Crippen LogP contribution in [0.1, 0.15) is 11.1 Å². The van der Waals surface area contributed by atoms with E-state index >= 15 is 0 Å². The Morgan fingerprint density at radius 3 is 2.15 bits per heavy atom. The lowest BCUT2D eigenvalue weighted by molar-refractivity contribution is -0.129. The summed E-state index contributed by atoms with van der Waals surface area (Å²) in [5.74, 6) is 0.181. The zero-order valence-corrected chi connectivity index (χ0v) is 14.8. The molecule has 4 rings (SSSR count). The Balaban J connectivity index is 1.93. The van der Waals surface area contributed by atoms with Gasteiger partial charge in [-0.3, -0.25) is 9.69 Å². The van der Waals surface area contributed by atoms with E-state index in [0.717, 1.165) is 22.3 Å². The Kier molecular flexibility index (Phi) is 3.92. The largest absolute Gasteiger partial charge is 0.508 e. The first-order chi connectivity index (χ1) is 13.0. The van der Waals surface area contributed by atoms with Gasteiger partial charge >= 0.3 is 0 Å². The number of rotatable bonds is 3. The van der Waals surface area contributed by atoms with Gasteiger partial charge in [0.05, 0.1) is 0 Å². The van der Waals surface area contributed by atoms with Gasteiger partial charge in [-0.2, -0.15) is 0 Å². The highest BCUT2D eigenvalue weighted by Gasteiger charge is 2.49. The third-order valence-corrected chi connectivity index (χ3v) is 4.89. The van der Waals surface area contributed by atoms with Crippen LogP contribution in [0.15, 0.2) is 83.9 Å². The minimum absolute atomic E-state index is 0.187. The van der Waals surface area contributed by atoms with Crippen LogP contribution in [-0.2, 0) is 10.3 Å². The highest BCUT2D eigenvalue weighted by atomic mass is 16.3. The molecule has 3 N–H and O–H groups in total. The van der Waals surface area contributed by atoms with E-state index < -0.39 is 5.54 Å². The minimum Gasteiger partial charge on any atom is -0.508 e. The number of aliphatic imine (C=N–C) groups is 1. The highest BCUT2D eigenvalue weighted by molar-refractivity contribution is 6.09. The van der Waals surface area contributed by atoms with Crippen molar-refractivity contribution in [2.75, 3.05) is 7.05 Å². The molecule has 0 aliphatic carbocycles. The lowest BCUT2D eigenvalue weighted by atomic mass is 9.82. The van der Waals surface area contributed by atoms with Gasteiger partial charge in [-0.1, -0.05) is 60.7 Å². The van der Waals surface area contributed by atoms with Gasteiger partial charge in [0.1, 0.15) is 5.75 Å². The van der Waals surface area contributed by atoms with Crippen LogP contribution in [0.5, 0.6) is 5.75 Å². The van der Waals surface area contributed by atoms with Crippen molar-refractivity contribution in [3.63, 3.8) is 0 Å². The van der Waals surface area contributed by atoms with E-state index in [1.54, 1.807) is 25.2 Å². The summed E-state index contributed by atoms with van der Waals surface area (Å²) >= 11 is 0. The van der Waals surface area contributed by atoms with Gasteiger partial charge in [-0.05, 0) is 40.5 Å². The first-order valence-electron chi connectivity index (χ1n) is 8.61. The summed E-state index contributed by atoms with van der Waals surface area (Å²) in [5.41, 5.74) is 8.02. The van der Waals surface area contributed by atoms with E-state index in [0.29, 0.717) is 0 Å². The Labute approximate surface area is 157 Å². The number of carbonyl (C=O) groups is 1. The molecule has 1 aliphatic heterocycles. The summed E-state index contributed by atoms with van der Waals surface area (Å²) < 4.78 is 0. The molecule has 5 nitrogen and oxygen atoms in total. The lowest BCUT2D eigenvalue weighted by Crippen LogP contribution is -2.41. The SMILES string of the molecule is CN1C(=O)C(c2ccccc2)(c2cccc(-c3cccc(O)c3)c2)N=C1N. The predicted molar refractivity (Wildman–Crippen MR) is 105 cm³/mol. The van der Waals surface area contributed by atoms with Crippen molar-refractivity contribution in [3.8, 4) is 16.9 Å². The standard InChI is InChI=1S/C22H19N3O2/c1-25-20(27)22(24-21(25)23,17-9-3-2-4-10-17)18-11-5-7-15(13-18)16-8-6-12-19(26)14-16/h2-14,26H,1H3,(H2,23,24). The maximum atomic E-state index is 13.2. The van der Waals surface area contributed by atoms with Crippen LogP contribution in [0.3, 0.4) is 0 Å². The number of hydrogen-bond acceptors (Lipinski definition) is 4. The summed E-state index contributed by atoms with van der Waals surface area (Å²) in [4.78, 5) is 19.2. The molecule has 1 unspecified atom stereocenters. The molecule has 0 aromatic heterocycles. The molecule has 1 heterocycles. The first kappa shape index (κ1) is 16.8. The monoisotopic (exact) mass is 357 g/mol. The van der Waals surface area contributed by atoms with Crippen molar-refractivity contribution in [1.82, 2.24) is 4.90 Å². The minimum atomic E-state index is -1.22. The van der Waals surface area contributed by atoms with Gasteiger partial charge in [0.2, 0.25) is 0 Å². The number of carbonyl (C=O) groups excluding carboxylic acids is 1. The maximum absolute atomic E-state index is 13.2. The van der Waals surface area contributed by atoms with Crippen molar-refractivity contribution in [3.05, 3.63) is 90.0 Å². The van der Waals surface area contributed by atoms with Crippen LogP contribution < -0.4 is 5.73 Å². The smallest absolute Gasteiger partial charge is 0.266 e.